The number of rotatable bonds is 6. The third-order valence-corrected chi connectivity index (χ3v) is 4.44. The van der Waals surface area contributed by atoms with Gasteiger partial charge < -0.3 is 9.88 Å². The molecule has 0 fully saturated rings. The first kappa shape index (κ1) is 15.9. The third kappa shape index (κ3) is 4.51. The minimum Gasteiger partial charge on any atom is -0.349 e. The number of carbonyl (C=O) groups excluding carboxylic acids is 1. The fourth-order valence-corrected chi connectivity index (χ4v) is 2.84. The average Bonchev–Trinajstić information content (AvgIpc) is 2.89. The number of carbonyl (C=O) groups is 1. The quantitative estimate of drug-likeness (QED) is 0.828. The Labute approximate surface area is 133 Å². The van der Waals surface area contributed by atoms with Crippen molar-refractivity contribution in [3.05, 3.63) is 47.2 Å². The molecule has 0 aliphatic rings. The molecule has 0 aliphatic heterocycles. The van der Waals surface area contributed by atoms with Crippen molar-refractivity contribution < 1.29 is 4.79 Å². The second-order valence-corrected chi connectivity index (χ2v) is 6.07. The summed E-state index contributed by atoms with van der Waals surface area (Å²) in [4.78, 5) is 16.3. The number of imidazole rings is 1. The highest BCUT2D eigenvalue weighted by atomic mass is 35.5. The maximum absolute atomic E-state index is 12.1. The van der Waals surface area contributed by atoms with Crippen LogP contribution in [0.15, 0.2) is 41.8 Å². The SMILES string of the molecule is CCC(NC(=O)CSc1nccn1C)c1ccc(Cl)cc1. The Morgan fingerprint density at radius 2 is 2.14 bits per heavy atom. The number of nitrogens with one attached hydrogen (secondary N) is 1. The van der Waals surface area contributed by atoms with Crippen LogP contribution in [0.3, 0.4) is 0 Å². The van der Waals surface area contributed by atoms with Crippen LogP contribution >= 0.6 is 23.4 Å². The number of halogens is 1. The summed E-state index contributed by atoms with van der Waals surface area (Å²) in [6.07, 6.45) is 4.42. The molecule has 2 aromatic rings. The van der Waals surface area contributed by atoms with Gasteiger partial charge >= 0.3 is 0 Å². The number of aryl methyl sites for hydroxylation is 1. The number of thioether (sulfide) groups is 1. The molecule has 2 rings (SSSR count). The van der Waals surface area contributed by atoms with E-state index in [2.05, 4.69) is 10.3 Å². The van der Waals surface area contributed by atoms with Gasteiger partial charge in [0.2, 0.25) is 5.91 Å². The molecule has 0 radical (unpaired) electrons. The van der Waals surface area contributed by atoms with Crippen LogP contribution in [0, 0.1) is 0 Å². The first-order valence-electron chi connectivity index (χ1n) is 6.75. The molecule has 1 heterocycles. The number of aromatic nitrogens is 2. The van der Waals surface area contributed by atoms with Gasteiger partial charge in [-0.2, -0.15) is 0 Å². The van der Waals surface area contributed by atoms with E-state index in [9.17, 15) is 4.79 Å². The van der Waals surface area contributed by atoms with Gasteiger partial charge in [-0.05, 0) is 24.1 Å². The molecule has 0 saturated carbocycles. The lowest BCUT2D eigenvalue weighted by atomic mass is 10.0. The lowest BCUT2D eigenvalue weighted by molar-refractivity contribution is -0.119. The predicted molar refractivity (Wildman–Crippen MR) is 86.6 cm³/mol. The van der Waals surface area contributed by atoms with Crippen LogP contribution in [-0.2, 0) is 11.8 Å². The zero-order chi connectivity index (χ0) is 15.2. The second kappa shape index (κ2) is 7.52. The Bertz CT molecular complexity index is 597. The summed E-state index contributed by atoms with van der Waals surface area (Å²) in [6, 6.07) is 7.59. The molecule has 4 nitrogen and oxygen atoms in total. The van der Waals surface area contributed by atoms with Gasteiger partial charge in [0.25, 0.3) is 0 Å². The number of nitrogens with zero attached hydrogens (tertiary/aromatic N) is 2. The van der Waals surface area contributed by atoms with Gasteiger partial charge in [-0.15, -0.1) is 0 Å². The van der Waals surface area contributed by atoms with Crippen molar-refractivity contribution in [2.45, 2.75) is 24.5 Å². The minimum atomic E-state index is 0.00444. The molecule has 0 saturated heterocycles. The van der Waals surface area contributed by atoms with E-state index >= 15 is 0 Å². The Hall–Kier alpha value is -1.46. The summed E-state index contributed by atoms with van der Waals surface area (Å²) in [5, 5.41) is 4.58. The molecule has 1 aromatic carbocycles. The van der Waals surface area contributed by atoms with E-state index in [1.54, 1.807) is 6.20 Å². The third-order valence-electron chi connectivity index (χ3n) is 3.13. The van der Waals surface area contributed by atoms with Crippen molar-refractivity contribution in [1.82, 2.24) is 14.9 Å². The maximum atomic E-state index is 12.1. The molecular formula is C15H18ClN3OS. The largest absolute Gasteiger partial charge is 0.349 e. The van der Waals surface area contributed by atoms with Crippen molar-refractivity contribution in [2.75, 3.05) is 5.75 Å². The van der Waals surface area contributed by atoms with Crippen molar-refractivity contribution in [2.24, 2.45) is 7.05 Å². The lowest BCUT2D eigenvalue weighted by Crippen LogP contribution is -2.29. The first-order valence-corrected chi connectivity index (χ1v) is 8.11. The Morgan fingerprint density at radius 1 is 1.43 bits per heavy atom. The monoisotopic (exact) mass is 323 g/mol. The molecule has 1 atom stereocenters. The maximum Gasteiger partial charge on any atom is 0.230 e. The van der Waals surface area contributed by atoms with Crippen molar-refractivity contribution in [1.29, 1.82) is 0 Å². The van der Waals surface area contributed by atoms with Crippen LogP contribution in [0.2, 0.25) is 5.02 Å². The highest BCUT2D eigenvalue weighted by Gasteiger charge is 2.13. The smallest absolute Gasteiger partial charge is 0.230 e. The summed E-state index contributed by atoms with van der Waals surface area (Å²) in [7, 11) is 1.91. The molecule has 1 amide bonds. The zero-order valence-corrected chi connectivity index (χ0v) is 13.6. The van der Waals surface area contributed by atoms with Crippen molar-refractivity contribution in [3.8, 4) is 0 Å². The van der Waals surface area contributed by atoms with Crippen LogP contribution in [0.1, 0.15) is 24.9 Å². The highest BCUT2D eigenvalue weighted by molar-refractivity contribution is 7.99. The van der Waals surface area contributed by atoms with E-state index in [-0.39, 0.29) is 11.9 Å². The summed E-state index contributed by atoms with van der Waals surface area (Å²) in [6.45, 7) is 2.05. The summed E-state index contributed by atoms with van der Waals surface area (Å²) in [5.41, 5.74) is 1.07. The van der Waals surface area contributed by atoms with Gasteiger partial charge in [0, 0.05) is 24.5 Å². The molecule has 1 unspecified atom stereocenters. The Kier molecular flexibility index (Phi) is 5.70. The number of hydrogen-bond donors (Lipinski definition) is 1. The lowest BCUT2D eigenvalue weighted by Gasteiger charge is -2.17. The normalized spacial score (nSPS) is 12.1. The van der Waals surface area contributed by atoms with Crippen LogP contribution in [0.4, 0.5) is 0 Å². The van der Waals surface area contributed by atoms with Crippen molar-refractivity contribution >= 4 is 29.3 Å². The summed E-state index contributed by atoms with van der Waals surface area (Å²) in [5.74, 6) is 0.361. The first-order chi connectivity index (χ1) is 10.1. The minimum absolute atomic E-state index is 0.00444. The molecule has 112 valence electrons. The van der Waals surface area contributed by atoms with Gasteiger partial charge in [0.15, 0.2) is 5.16 Å². The highest BCUT2D eigenvalue weighted by Crippen LogP contribution is 2.20. The van der Waals surface area contributed by atoms with Gasteiger partial charge in [-0.25, -0.2) is 4.98 Å². The second-order valence-electron chi connectivity index (χ2n) is 4.69. The van der Waals surface area contributed by atoms with Crippen LogP contribution in [-0.4, -0.2) is 21.2 Å². The molecule has 0 bridgehead atoms. The van der Waals surface area contributed by atoms with E-state index in [0.717, 1.165) is 17.1 Å². The molecular weight excluding hydrogens is 306 g/mol. The van der Waals surface area contributed by atoms with Crippen LogP contribution < -0.4 is 5.32 Å². The molecule has 1 N–H and O–H groups in total. The predicted octanol–water partition coefficient (Wildman–Crippen LogP) is 3.43. The van der Waals surface area contributed by atoms with Gasteiger partial charge in [-0.3, -0.25) is 4.79 Å². The summed E-state index contributed by atoms with van der Waals surface area (Å²) >= 11 is 7.32. The van der Waals surface area contributed by atoms with E-state index in [1.165, 1.54) is 11.8 Å². The molecule has 21 heavy (non-hydrogen) atoms. The molecule has 1 aromatic heterocycles. The Balaban J connectivity index is 1.90. The number of amides is 1. The number of hydrogen-bond acceptors (Lipinski definition) is 3. The van der Waals surface area contributed by atoms with Crippen LogP contribution in [0.25, 0.3) is 0 Å². The summed E-state index contributed by atoms with van der Waals surface area (Å²) < 4.78 is 1.90. The van der Waals surface area contributed by atoms with Gasteiger partial charge in [-0.1, -0.05) is 42.4 Å². The fraction of sp³-hybridized carbons (Fsp3) is 0.333. The molecule has 0 spiro atoms. The topological polar surface area (TPSA) is 46.9 Å². The zero-order valence-electron chi connectivity index (χ0n) is 12.0. The van der Waals surface area contributed by atoms with Gasteiger partial charge in [0.1, 0.15) is 0 Å². The van der Waals surface area contributed by atoms with Gasteiger partial charge in [0.05, 0.1) is 11.8 Å². The average molecular weight is 324 g/mol. The van der Waals surface area contributed by atoms with E-state index in [4.69, 9.17) is 11.6 Å². The molecule has 0 aliphatic carbocycles. The number of benzene rings is 1. The fourth-order valence-electron chi connectivity index (χ4n) is 1.97. The van der Waals surface area contributed by atoms with E-state index in [0.29, 0.717) is 10.8 Å². The molecule has 6 heteroatoms. The standard InChI is InChI=1S/C15H18ClN3OS/c1-3-13(11-4-6-12(16)7-5-11)18-14(20)10-21-15-17-8-9-19(15)2/h4-9,13H,3,10H2,1-2H3,(H,18,20). The van der Waals surface area contributed by atoms with Crippen LogP contribution in [0.5, 0.6) is 0 Å². The Morgan fingerprint density at radius 3 is 2.71 bits per heavy atom. The van der Waals surface area contributed by atoms with Crippen molar-refractivity contribution in [3.63, 3.8) is 0 Å². The van der Waals surface area contributed by atoms with E-state index < -0.39 is 0 Å². The van der Waals surface area contributed by atoms with E-state index in [1.807, 2.05) is 49.0 Å².